The molecule has 9 nitrogen and oxygen atoms in total. The number of carbonyl (C=O) groups excluding carboxylic acids is 2. The van der Waals surface area contributed by atoms with Gasteiger partial charge in [-0.1, -0.05) is 282 Å². The molecule has 0 saturated carbocycles. The second kappa shape index (κ2) is 56.5. The lowest BCUT2D eigenvalue weighted by molar-refractivity contribution is -0.870. The van der Waals surface area contributed by atoms with Crippen molar-refractivity contribution < 1.29 is 37.3 Å². The van der Waals surface area contributed by atoms with Crippen LogP contribution in [0.15, 0.2) is 36.5 Å². The average molecular weight is 1090 g/mol. The van der Waals surface area contributed by atoms with E-state index in [0.717, 1.165) is 64.2 Å². The van der Waals surface area contributed by atoms with Gasteiger partial charge in [0, 0.05) is 12.8 Å². The molecule has 0 radical (unpaired) electrons. The van der Waals surface area contributed by atoms with Crippen LogP contribution in [-0.4, -0.2) is 74.3 Å². The van der Waals surface area contributed by atoms with Crippen LogP contribution < -0.4 is 5.32 Å². The molecule has 3 unspecified atom stereocenters. The molecule has 0 spiro atoms. The highest BCUT2D eigenvalue weighted by Gasteiger charge is 2.30. The number of rotatable bonds is 60. The number of amides is 1. The molecule has 0 aromatic rings. The number of hydrogen-bond acceptors (Lipinski definition) is 6. The van der Waals surface area contributed by atoms with Gasteiger partial charge in [0.2, 0.25) is 5.91 Å². The molecule has 0 saturated heterocycles. The van der Waals surface area contributed by atoms with Gasteiger partial charge in [-0.05, 0) is 63.9 Å². The van der Waals surface area contributed by atoms with Crippen molar-refractivity contribution in [2.45, 2.75) is 335 Å². The fourth-order valence-electron chi connectivity index (χ4n) is 9.74. The Labute approximate surface area is 472 Å². The third kappa shape index (κ3) is 56.9. The van der Waals surface area contributed by atoms with Crippen molar-refractivity contribution in [3.8, 4) is 0 Å². The van der Waals surface area contributed by atoms with Gasteiger partial charge in [0.15, 0.2) is 0 Å². The fourth-order valence-corrected chi connectivity index (χ4v) is 10.5. The first kappa shape index (κ1) is 74.2. The molecule has 76 heavy (non-hydrogen) atoms. The van der Waals surface area contributed by atoms with Crippen LogP contribution in [0.5, 0.6) is 0 Å². The monoisotopic (exact) mass is 1090 g/mol. The molecule has 10 heteroatoms. The number of ether oxygens (including phenoxy) is 1. The van der Waals surface area contributed by atoms with Crippen LogP contribution in [0.1, 0.15) is 323 Å². The first-order valence-electron chi connectivity index (χ1n) is 32.8. The Morgan fingerprint density at radius 2 is 0.803 bits per heavy atom. The van der Waals surface area contributed by atoms with E-state index in [1.54, 1.807) is 0 Å². The average Bonchev–Trinajstić information content (AvgIpc) is 3.38. The van der Waals surface area contributed by atoms with E-state index >= 15 is 0 Å². The van der Waals surface area contributed by atoms with E-state index in [-0.39, 0.29) is 25.1 Å². The first-order chi connectivity index (χ1) is 36.9. The van der Waals surface area contributed by atoms with Crippen LogP contribution in [0.25, 0.3) is 0 Å². The van der Waals surface area contributed by atoms with Crippen molar-refractivity contribution >= 4 is 19.7 Å². The number of phosphoric ester groups is 1. The smallest absolute Gasteiger partial charge is 0.456 e. The maximum absolute atomic E-state index is 13.5. The van der Waals surface area contributed by atoms with Crippen LogP contribution in [0, 0.1) is 0 Å². The third-order valence-corrected chi connectivity index (χ3v) is 15.8. The topological polar surface area (TPSA) is 111 Å². The molecule has 0 aliphatic heterocycles. The minimum absolute atomic E-state index is 0.0431. The Kier molecular flexibility index (Phi) is 55.2. The molecule has 0 fully saturated rings. The molecule has 2 N–H and O–H groups in total. The molecule has 3 atom stereocenters. The van der Waals surface area contributed by atoms with Crippen molar-refractivity contribution in [2.24, 2.45) is 0 Å². The summed E-state index contributed by atoms with van der Waals surface area (Å²) in [6, 6.07) is -0.844. The number of nitrogens with one attached hydrogen (secondary N) is 1. The second-order valence-corrected chi connectivity index (χ2v) is 25.1. The Bertz CT molecular complexity index is 1400. The lowest BCUT2D eigenvalue weighted by atomic mass is 10.0. The number of nitrogens with zero attached hydrogens (tertiary/aromatic N) is 1. The molecule has 0 aromatic carbocycles. The van der Waals surface area contributed by atoms with Gasteiger partial charge in [-0.15, -0.1) is 0 Å². The van der Waals surface area contributed by atoms with Gasteiger partial charge in [-0.3, -0.25) is 18.6 Å². The van der Waals surface area contributed by atoms with Gasteiger partial charge >= 0.3 is 13.8 Å². The molecule has 0 aliphatic carbocycles. The number of quaternary nitrogens is 1. The molecule has 0 aliphatic rings. The normalized spacial score (nSPS) is 13.8. The van der Waals surface area contributed by atoms with Crippen molar-refractivity contribution in [1.82, 2.24) is 5.32 Å². The third-order valence-electron chi connectivity index (χ3n) is 14.8. The Morgan fingerprint density at radius 3 is 1.21 bits per heavy atom. The van der Waals surface area contributed by atoms with E-state index in [0.29, 0.717) is 23.9 Å². The largest absolute Gasteiger partial charge is 0.472 e. The summed E-state index contributed by atoms with van der Waals surface area (Å²) in [5, 5.41) is 3.07. The van der Waals surface area contributed by atoms with E-state index in [4.69, 9.17) is 13.8 Å². The molecule has 0 bridgehead atoms. The van der Waals surface area contributed by atoms with E-state index in [1.807, 2.05) is 33.3 Å². The Balaban J connectivity index is 5.14. The highest BCUT2D eigenvalue weighted by Crippen LogP contribution is 2.43. The molecule has 0 heterocycles. The van der Waals surface area contributed by atoms with Crippen LogP contribution in [0.4, 0.5) is 0 Å². The summed E-state index contributed by atoms with van der Waals surface area (Å²) in [4.78, 5) is 37.8. The van der Waals surface area contributed by atoms with Gasteiger partial charge in [0.25, 0.3) is 0 Å². The lowest BCUT2D eigenvalue weighted by Gasteiger charge is -2.27. The minimum atomic E-state index is -4.44. The van der Waals surface area contributed by atoms with Crippen molar-refractivity contribution in [1.29, 1.82) is 0 Å². The lowest BCUT2D eigenvalue weighted by Crippen LogP contribution is -2.47. The molecule has 1 amide bonds. The maximum Gasteiger partial charge on any atom is 0.472 e. The minimum Gasteiger partial charge on any atom is -0.456 e. The zero-order valence-electron chi connectivity index (χ0n) is 51.3. The molecular weight excluding hydrogens is 964 g/mol. The molecular formula is C66H128N2O7P+. The Morgan fingerprint density at radius 1 is 0.461 bits per heavy atom. The summed E-state index contributed by atoms with van der Waals surface area (Å²) >= 11 is 0. The van der Waals surface area contributed by atoms with Gasteiger partial charge in [0.1, 0.15) is 19.3 Å². The van der Waals surface area contributed by atoms with Gasteiger partial charge < -0.3 is 19.4 Å². The number of likely N-dealkylation sites (N-methyl/N-ethyl adjacent to an activating group) is 1. The number of esters is 1. The highest BCUT2D eigenvalue weighted by atomic mass is 31.2. The zero-order valence-corrected chi connectivity index (χ0v) is 52.2. The highest BCUT2D eigenvalue weighted by molar-refractivity contribution is 7.47. The predicted octanol–water partition coefficient (Wildman–Crippen LogP) is 20.3. The zero-order chi connectivity index (χ0) is 55.7. The standard InChI is InChI=1S/C66H127N2O7P/c1-7-10-13-16-19-22-25-28-30-31-32-33-34-35-36-37-38-41-44-47-50-53-56-59-66(70)75-64(57-54-51-48-45-42-39-27-24-21-18-15-12-9-3)63(62-74-76(71,72)73-61-60-68(4,5)6)67-65(69)58-55-52-49-46-43-40-29-26-23-20-17-14-11-8-2/h19,22,28,30,54,57,63-64H,7-18,20-21,23-27,29,31-53,55-56,58-62H2,1-6H3,(H-,67,69,71,72)/p+1/b22-19-,30-28-,57-54+. The summed E-state index contributed by atoms with van der Waals surface area (Å²) in [7, 11) is 1.51. The predicted molar refractivity (Wildman–Crippen MR) is 328 cm³/mol. The van der Waals surface area contributed by atoms with E-state index in [2.05, 4.69) is 50.4 Å². The summed E-state index contributed by atoms with van der Waals surface area (Å²) in [6.07, 6.45) is 68.5. The van der Waals surface area contributed by atoms with Gasteiger partial charge in [-0.25, -0.2) is 4.57 Å². The summed E-state index contributed by atoms with van der Waals surface area (Å²) < 4.78 is 30.8. The number of unbranched alkanes of at least 4 members (excludes halogenated alkanes) is 40. The summed E-state index contributed by atoms with van der Waals surface area (Å²) in [5.41, 5.74) is 0. The quantitative estimate of drug-likeness (QED) is 0.0205. The number of allylic oxidation sites excluding steroid dienone is 5. The van der Waals surface area contributed by atoms with Crippen LogP contribution in [0.2, 0.25) is 0 Å². The number of carbonyl (C=O) groups is 2. The number of hydrogen-bond donors (Lipinski definition) is 2. The first-order valence-corrected chi connectivity index (χ1v) is 34.3. The van der Waals surface area contributed by atoms with Crippen LogP contribution in [0.3, 0.4) is 0 Å². The summed E-state index contributed by atoms with van der Waals surface area (Å²) in [6.45, 7) is 7.03. The Hall–Kier alpha value is -1.77. The maximum atomic E-state index is 13.5. The van der Waals surface area contributed by atoms with E-state index < -0.39 is 20.0 Å². The molecule has 0 aromatic heterocycles. The fraction of sp³-hybridized carbons (Fsp3) is 0.879. The second-order valence-electron chi connectivity index (χ2n) is 23.6. The van der Waals surface area contributed by atoms with Crippen molar-refractivity contribution in [3.05, 3.63) is 36.5 Å². The van der Waals surface area contributed by atoms with Crippen LogP contribution in [-0.2, 0) is 27.9 Å². The molecule has 0 rings (SSSR count). The molecule has 448 valence electrons. The van der Waals surface area contributed by atoms with E-state index in [1.165, 1.54) is 225 Å². The summed E-state index contributed by atoms with van der Waals surface area (Å²) in [5.74, 6) is -0.489. The van der Waals surface area contributed by atoms with Crippen LogP contribution >= 0.6 is 7.82 Å². The van der Waals surface area contributed by atoms with Crippen molar-refractivity contribution in [2.75, 3.05) is 40.9 Å². The van der Waals surface area contributed by atoms with Gasteiger partial charge in [0.05, 0.1) is 33.8 Å². The van der Waals surface area contributed by atoms with E-state index in [9.17, 15) is 19.0 Å². The van der Waals surface area contributed by atoms with Gasteiger partial charge in [-0.2, -0.15) is 0 Å². The number of phosphoric acid groups is 1. The van der Waals surface area contributed by atoms with Crippen molar-refractivity contribution in [3.63, 3.8) is 0 Å². The SMILES string of the molecule is CCCCC/C=C\C/C=C\CCCCCCCCCCCCCCCC(=O)OC(/C=C/CCCCCCCCCCCCC)C(COP(=O)(O)OCC[N+](C)(C)C)NC(=O)CCCCCCCCCCCCCCCC.